The minimum atomic E-state index is -3.50. The van der Waals surface area contributed by atoms with Crippen LogP contribution >= 0.6 is 12.4 Å². The lowest BCUT2D eigenvalue weighted by Crippen LogP contribution is -2.27. The van der Waals surface area contributed by atoms with Crippen LogP contribution in [-0.2, 0) is 16.6 Å². The van der Waals surface area contributed by atoms with E-state index in [0.717, 1.165) is 0 Å². The largest absolute Gasteiger partial charge is 0.330 e. The molecule has 1 heterocycles. The monoisotopic (exact) mass is 324 g/mol. The van der Waals surface area contributed by atoms with Gasteiger partial charge in [0.15, 0.2) is 0 Å². The summed E-state index contributed by atoms with van der Waals surface area (Å²) in [4.78, 5) is 0.296. The van der Waals surface area contributed by atoms with Gasteiger partial charge in [0.2, 0.25) is 10.0 Å². The lowest BCUT2D eigenvalue weighted by molar-refractivity contribution is 0.471. The Hall–Kier alpha value is -0.630. The summed E-state index contributed by atoms with van der Waals surface area (Å²) in [5.41, 5.74) is 6.59. The van der Waals surface area contributed by atoms with E-state index >= 15 is 0 Å². The lowest BCUT2D eigenvalue weighted by atomic mass is 10.2. The highest BCUT2D eigenvalue weighted by Gasteiger charge is 2.24. The molecule has 1 rings (SSSR count). The molecule has 0 aliphatic heterocycles. The highest BCUT2D eigenvalue weighted by molar-refractivity contribution is 7.89. The molecule has 0 aliphatic carbocycles. The van der Waals surface area contributed by atoms with Crippen LogP contribution in [0.3, 0.4) is 0 Å². The van der Waals surface area contributed by atoms with E-state index in [2.05, 4.69) is 23.7 Å². The second-order valence-corrected chi connectivity index (χ2v) is 6.82. The Kier molecular flexibility index (Phi) is 7.72. The van der Waals surface area contributed by atoms with E-state index in [1.165, 1.54) is 0 Å². The molecular formula is C12H25ClN4O2S. The molecule has 1 aromatic heterocycles. The standard InChI is InChI=1S/C12H24N4O2S.ClH/c1-9(2)8-16-11(4)12(10(3)15-16)19(17,18)14-7-5-6-13;/h9,14H,5-8,13H2,1-4H3;1H. The third-order valence-electron chi connectivity index (χ3n) is 2.79. The fourth-order valence-electron chi connectivity index (χ4n) is 1.97. The first kappa shape index (κ1) is 19.4. The number of sulfonamides is 1. The first-order valence-corrected chi connectivity index (χ1v) is 8.01. The van der Waals surface area contributed by atoms with Crippen LogP contribution in [0.5, 0.6) is 0 Å². The van der Waals surface area contributed by atoms with Crippen molar-refractivity contribution in [1.29, 1.82) is 0 Å². The van der Waals surface area contributed by atoms with Gasteiger partial charge in [-0.1, -0.05) is 13.8 Å². The molecular weight excluding hydrogens is 300 g/mol. The second kappa shape index (κ2) is 7.97. The predicted octanol–water partition coefficient (Wildman–Crippen LogP) is 1.20. The first-order valence-electron chi connectivity index (χ1n) is 6.53. The molecule has 6 nitrogen and oxygen atoms in total. The van der Waals surface area contributed by atoms with Crippen molar-refractivity contribution in [3.05, 3.63) is 11.4 Å². The Morgan fingerprint density at radius 2 is 1.95 bits per heavy atom. The Labute approximate surface area is 127 Å². The highest BCUT2D eigenvalue weighted by Crippen LogP contribution is 2.20. The van der Waals surface area contributed by atoms with Gasteiger partial charge in [0.25, 0.3) is 0 Å². The molecule has 0 unspecified atom stereocenters. The number of nitrogens with two attached hydrogens (primary N) is 1. The average molecular weight is 325 g/mol. The lowest BCUT2D eigenvalue weighted by Gasteiger charge is -2.09. The van der Waals surface area contributed by atoms with Crippen molar-refractivity contribution in [3.63, 3.8) is 0 Å². The Balaban J connectivity index is 0.00000361. The fourth-order valence-corrected chi connectivity index (χ4v) is 3.46. The van der Waals surface area contributed by atoms with Crippen LogP contribution in [-0.4, -0.2) is 31.3 Å². The number of halogens is 1. The molecule has 0 fully saturated rings. The maximum atomic E-state index is 12.2. The van der Waals surface area contributed by atoms with Crippen molar-refractivity contribution < 1.29 is 8.42 Å². The van der Waals surface area contributed by atoms with Crippen molar-refractivity contribution in [2.24, 2.45) is 11.7 Å². The zero-order valence-corrected chi connectivity index (χ0v) is 14.1. The average Bonchev–Trinajstić information content (AvgIpc) is 2.53. The molecule has 0 spiro atoms. The van der Waals surface area contributed by atoms with Crippen LogP contribution in [0.1, 0.15) is 31.7 Å². The Bertz CT molecular complexity index is 526. The molecule has 0 saturated carbocycles. The van der Waals surface area contributed by atoms with Crippen LogP contribution in [0.2, 0.25) is 0 Å². The number of rotatable bonds is 7. The van der Waals surface area contributed by atoms with Gasteiger partial charge in [-0.2, -0.15) is 5.10 Å². The Morgan fingerprint density at radius 3 is 2.45 bits per heavy atom. The first-order chi connectivity index (χ1) is 8.79. The van der Waals surface area contributed by atoms with Gasteiger partial charge in [-0.15, -0.1) is 12.4 Å². The maximum absolute atomic E-state index is 12.2. The van der Waals surface area contributed by atoms with Gasteiger partial charge >= 0.3 is 0 Å². The number of nitrogens with one attached hydrogen (secondary N) is 1. The third-order valence-corrected chi connectivity index (χ3v) is 4.51. The molecule has 118 valence electrons. The van der Waals surface area contributed by atoms with E-state index in [1.807, 2.05) is 0 Å². The fraction of sp³-hybridized carbons (Fsp3) is 0.750. The normalized spacial score (nSPS) is 11.7. The molecule has 0 radical (unpaired) electrons. The van der Waals surface area contributed by atoms with Gasteiger partial charge in [0.1, 0.15) is 4.90 Å². The molecule has 3 N–H and O–H groups in total. The van der Waals surface area contributed by atoms with Gasteiger partial charge in [0.05, 0.1) is 11.4 Å². The summed E-state index contributed by atoms with van der Waals surface area (Å²) in [6.45, 7) is 9.20. The van der Waals surface area contributed by atoms with E-state index in [0.29, 0.717) is 48.3 Å². The second-order valence-electron chi connectivity index (χ2n) is 5.12. The van der Waals surface area contributed by atoms with Crippen LogP contribution in [0, 0.1) is 19.8 Å². The number of nitrogens with zero attached hydrogens (tertiary/aromatic N) is 2. The summed E-state index contributed by atoms with van der Waals surface area (Å²) in [5, 5.41) is 4.32. The van der Waals surface area contributed by atoms with E-state index in [-0.39, 0.29) is 12.4 Å². The van der Waals surface area contributed by atoms with Crippen LogP contribution in [0.15, 0.2) is 4.90 Å². The van der Waals surface area contributed by atoms with Crippen molar-refractivity contribution >= 4 is 22.4 Å². The summed E-state index contributed by atoms with van der Waals surface area (Å²) in [6.07, 6.45) is 0.622. The van der Waals surface area contributed by atoms with Crippen molar-refractivity contribution in [2.75, 3.05) is 13.1 Å². The number of aryl methyl sites for hydroxylation is 1. The van der Waals surface area contributed by atoms with Gasteiger partial charge in [-0.05, 0) is 32.7 Å². The molecule has 0 bridgehead atoms. The summed E-state index contributed by atoms with van der Waals surface area (Å²) >= 11 is 0. The third kappa shape index (κ3) is 4.73. The van der Waals surface area contributed by atoms with Crippen LogP contribution < -0.4 is 10.5 Å². The summed E-state index contributed by atoms with van der Waals surface area (Å²) in [7, 11) is -3.50. The molecule has 1 aromatic rings. The van der Waals surface area contributed by atoms with E-state index in [4.69, 9.17) is 5.73 Å². The zero-order chi connectivity index (χ0) is 14.6. The predicted molar refractivity (Wildman–Crippen MR) is 82.6 cm³/mol. The molecule has 0 atom stereocenters. The minimum absolute atomic E-state index is 0. The van der Waals surface area contributed by atoms with Gasteiger partial charge in [0, 0.05) is 13.1 Å². The maximum Gasteiger partial charge on any atom is 0.244 e. The molecule has 8 heteroatoms. The summed E-state index contributed by atoms with van der Waals surface area (Å²) in [5.74, 6) is 0.416. The van der Waals surface area contributed by atoms with E-state index in [9.17, 15) is 8.42 Å². The van der Waals surface area contributed by atoms with Crippen molar-refractivity contribution in [1.82, 2.24) is 14.5 Å². The topological polar surface area (TPSA) is 90.0 Å². The van der Waals surface area contributed by atoms with Crippen LogP contribution in [0.25, 0.3) is 0 Å². The number of aromatic nitrogens is 2. The van der Waals surface area contributed by atoms with Crippen LogP contribution in [0.4, 0.5) is 0 Å². The van der Waals surface area contributed by atoms with E-state index in [1.54, 1.807) is 18.5 Å². The molecule has 20 heavy (non-hydrogen) atoms. The zero-order valence-electron chi connectivity index (χ0n) is 12.5. The molecule has 0 aliphatic rings. The minimum Gasteiger partial charge on any atom is -0.330 e. The number of hydrogen-bond donors (Lipinski definition) is 2. The molecule has 0 amide bonds. The van der Waals surface area contributed by atoms with E-state index < -0.39 is 10.0 Å². The van der Waals surface area contributed by atoms with Crippen molar-refractivity contribution in [2.45, 2.75) is 45.6 Å². The molecule has 0 aromatic carbocycles. The summed E-state index contributed by atoms with van der Waals surface area (Å²) < 4.78 is 28.8. The highest BCUT2D eigenvalue weighted by atomic mass is 35.5. The SMILES string of the molecule is Cc1nn(CC(C)C)c(C)c1S(=O)(=O)NCCCN.Cl. The van der Waals surface area contributed by atoms with Gasteiger partial charge < -0.3 is 5.73 Å². The smallest absolute Gasteiger partial charge is 0.244 e. The number of hydrogen-bond acceptors (Lipinski definition) is 4. The van der Waals surface area contributed by atoms with Gasteiger partial charge in [-0.25, -0.2) is 13.1 Å². The summed E-state index contributed by atoms with van der Waals surface area (Å²) in [6, 6.07) is 0. The Morgan fingerprint density at radius 1 is 1.35 bits per heavy atom. The molecule has 0 saturated heterocycles. The van der Waals surface area contributed by atoms with Crippen molar-refractivity contribution in [3.8, 4) is 0 Å². The quantitative estimate of drug-likeness (QED) is 0.737. The van der Waals surface area contributed by atoms with Gasteiger partial charge in [-0.3, -0.25) is 4.68 Å².